The molecular formula is C24H21FN6O4. The summed E-state index contributed by atoms with van der Waals surface area (Å²) in [7, 11) is 0. The van der Waals surface area contributed by atoms with E-state index in [0.29, 0.717) is 28.4 Å². The molecule has 1 aliphatic rings. The third kappa shape index (κ3) is 4.23. The first-order valence-corrected chi connectivity index (χ1v) is 10.9. The van der Waals surface area contributed by atoms with Crippen molar-refractivity contribution in [1.29, 1.82) is 0 Å². The molecule has 3 aromatic heterocycles. The lowest BCUT2D eigenvalue weighted by Gasteiger charge is -2.16. The second-order valence-corrected chi connectivity index (χ2v) is 8.27. The molecule has 0 aliphatic carbocycles. The minimum Gasteiger partial charge on any atom is -0.463 e. The smallest absolute Gasteiger partial charge is 0.255 e. The van der Waals surface area contributed by atoms with Crippen molar-refractivity contribution in [2.75, 3.05) is 16.8 Å². The Bertz CT molecular complexity index is 1470. The quantitative estimate of drug-likeness (QED) is 0.456. The van der Waals surface area contributed by atoms with Crippen LogP contribution in [0.3, 0.4) is 0 Å². The highest BCUT2D eigenvalue weighted by atomic mass is 19.1. The van der Waals surface area contributed by atoms with E-state index in [9.17, 15) is 18.8 Å². The maximum atomic E-state index is 13.3. The van der Waals surface area contributed by atoms with Crippen LogP contribution in [0.25, 0.3) is 17.4 Å². The van der Waals surface area contributed by atoms with E-state index in [4.69, 9.17) is 4.42 Å². The summed E-state index contributed by atoms with van der Waals surface area (Å²) in [5, 5.41) is 7.27. The van der Waals surface area contributed by atoms with Crippen LogP contribution in [0.2, 0.25) is 0 Å². The number of carbonyl (C=O) groups is 2. The molecule has 1 unspecified atom stereocenters. The summed E-state index contributed by atoms with van der Waals surface area (Å²) in [6.45, 7) is 3.51. The fourth-order valence-electron chi connectivity index (χ4n) is 3.89. The van der Waals surface area contributed by atoms with Crippen molar-refractivity contribution in [1.82, 2.24) is 19.7 Å². The molecule has 178 valence electrons. The van der Waals surface area contributed by atoms with Crippen LogP contribution in [-0.2, 0) is 9.59 Å². The van der Waals surface area contributed by atoms with Crippen molar-refractivity contribution < 1.29 is 18.4 Å². The molecule has 2 N–H and O–H groups in total. The molecule has 5 rings (SSSR count). The molecule has 0 spiro atoms. The maximum absolute atomic E-state index is 13.3. The molecule has 10 nitrogen and oxygen atoms in total. The summed E-state index contributed by atoms with van der Waals surface area (Å²) in [5.41, 5.74) is 1.61. The van der Waals surface area contributed by atoms with E-state index >= 15 is 0 Å². The number of aryl methyl sites for hydroxylation is 1. The number of nitrogens with zero attached hydrogens (tertiary/aromatic N) is 4. The molecule has 1 saturated heterocycles. The number of hydrogen-bond donors (Lipinski definition) is 2. The van der Waals surface area contributed by atoms with Gasteiger partial charge in [-0.05, 0) is 50.2 Å². The zero-order valence-electron chi connectivity index (χ0n) is 18.9. The first kappa shape index (κ1) is 22.3. The lowest BCUT2D eigenvalue weighted by molar-refractivity contribution is -0.122. The van der Waals surface area contributed by atoms with Gasteiger partial charge in [0, 0.05) is 36.0 Å². The van der Waals surface area contributed by atoms with Gasteiger partial charge >= 0.3 is 0 Å². The zero-order valence-corrected chi connectivity index (χ0v) is 18.9. The maximum Gasteiger partial charge on any atom is 0.255 e. The number of halogens is 1. The van der Waals surface area contributed by atoms with Gasteiger partial charge in [0.05, 0.1) is 12.2 Å². The molecule has 2 amide bonds. The van der Waals surface area contributed by atoms with Gasteiger partial charge in [-0.15, -0.1) is 0 Å². The van der Waals surface area contributed by atoms with Crippen LogP contribution in [0.4, 0.5) is 15.9 Å². The monoisotopic (exact) mass is 476 g/mol. The fraction of sp³-hybridized carbons (Fsp3) is 0.208. The predicted octanol–water partition coefficient (Wildman–Crippen LogP) is 2.96. The van der Waals surface area contributed by atoms with Crippen molar-refractivity contribution in [2.45, 2.75) is 20.3 Å². The zero-order chi connectivity index (χ0) is 24.7. The average Bonchev–Trinajstić information content (AvgIpc) is 3.58. The molecule has 0 bridgehead atoms. The lowest BCUT2D eigenvalue weighted by atomic mass is 10.1. The van der Waals surface area contributed by atoms with Gasteiger partial charge in [-0.25, -0.2) is 9.37 Å². The van der Waals surface area contributed by atoms with Gasteiger partial charge in [0.15, 0.2) is 5.76 Å². The van der Waals surface area contributed by atoms with Gasteiger partial charge < -0.3 is 14.6 Å². The third-order valence-corrected chi connectivity index (χ3v) is 5.95. The minimum absolute atomic E-state index is 0.00110. The Kier molecular flexibility index (Phi) is 5.51. The molecule has 4 heterocycles. The highest BCUT2D eigenvalue weighted by molar-refractivity contribution is 6.03. The summed E-state index contributed by atoms with van der Waals surface area (Å²) in [6.07, 6.45) is 1.50. The number of anilines is 2. The largest absolute Gasteiger partial charge is 0.463 e. The van der Waals surface area contributed by atoms with Crippen molar-refractivity contribution in [2.24, 2.45) is 5.92 Å². The summed E-state index contributed by atoms with van der Waals surface area (Å²) >= 11 is 0. The highest BCUT2D eigenvalue weighted by Gasteiger charge is 2.35. The number of carbonyl (C=O) groups excluding carboxylic acids is 2. The van der Waals surface area contributed by atoms with E-state index in [2.05, 4.69) is 20.4 Å². The van der Waals surface area contributed by atoms with Crippen LogP contribution < -0.4 is 15.8 Å². The fourth-order valence-corrected chi connectivity index (χ4v) is 3.89. The van der Waals surface area contributed by atoms with Crippen LogP contribution in [0.15, 0.2) is 57.9 Å². The second-order valence-electron chi connectivity index (χ2n) is 8.27. The Balaban J connectivity index is 1.44. The summed E-state index contributed by atoms with van der Waals surface area (Å²) in [5.74, 6) is -0.850. The van der Waals surface area contributed by atoms with Crippen molar-refractivity contribution in [3.05, 3.63) is 76.2 Å². The van der Waals surface area contributed by atoms with Crippen molar-refractivity contribution in [3.8, 4) is 17.4 Å². The SMILES string of the molecule is Cc1nc(-n2nc(-c3ccco3)cc2NC(=O)C2CC(=O)N(c3ccc(F)cc3)C2)[nH]c(=O)c1C. The Morgan fingerprint density at radius 2 is 1.97 bits per heavy atom. The van der Waals surface area contributed by atoms with E-state index in [1.807, 2.05) is 0 Å². The molecular weight excluding hydrogens is 455 g/mol. The number of rotatable bonds is 5. The van der Waals surface area contributed by atoms with E-state index < -0.39 is 17.6 Å². The number of aromatic amines is 1. The van der Waals surface area contributed by atoms with Crippen LogP contribution in [0, 0.1) is 25.6 Å². The molecule has 1 fully saturated rings. The van der Waals surface area contributed by atoms with Crippen LogP contribution in [0.1, 0.15) is 17.7 Å². The van der Waals surface area contributed by atoms with E-state index in [1.165, 1.54) is 40.1 Å². The Morgan fingerprint density at radius 3 is 2.66 bits per heavy atom. The van der Waals surface area contributed by atoms with Gasteiger partial charge in [-0.1, -0.05) is 0 Å². The van der Waals surface area contributed by atoms with Crippen molar-refractivity contribution >= 4 is 23.3 Å². The first-order chi connectivity index (χ1) is 16.8. The molecule has 4 aromatic rings. The Labute approximate surface area is 198 Å². The van der Waals surface area contributed by atoms with Crippen LogP contribution in [0.5, 0.6) is 0 Å². The molecule has 0 saturated carbocycles. The normalized spacial score (nSPS) is 15.6. The first-order valence-electron chi connectivity index (χ1n) is 10.9. The molecule has 11 heteroatoms. The van der Waals surface area contributed by atoms with E-state index in [1.54, 1.807) is 32.0 Å². The van der Waals surface area contributed by atoms with Gasteiger partial charge in [-0.2, -0.15) is 9.78 Å². The third-order valence-electron chi connectivity index (χ3n) is 5.95. The summed E-state index contributed by atoms with van der Waals surface area (Å²) in [6, 6.07) is 10.5. The average molecular weight is 476 g/mol. The standard InChI is InChI=1S/C24H21FN6O4/c1-13-14(2)26-24(28-22(13)33)31-20(11-18(29-31)19-4-3-9-35-19)27-23(34)15-10-21(32)30(12-15)17-7-5-16(25)6-8-17/h3-9,11,15H,10,12H2,1-2H3,(H,27,34)(H,26,28,33). The molecule has 1 aliphatic heterocycles. The van der Waals surface area contributed by atoms with Gasteiger partial charge in [0.1, 0.15) is 17.3 Å². The van der Waals surface area contributed by atoms with E-state index in [-0.39, 0.29) is 36.2 Å². The van der Waals surface area contributed by atoms with Crippen LogP contribution in [-0.4, -0.2) is 38.1 Å². The topological polar surface area (TPSA) is 126 Å². The number of benzene rings is 1. The van der Waals surface area contributed by atoms with Crippen molar-refractivity contribution in [3.63, 3.8) is 0 Å². The number of H-pyrrole nitrogens is 1. The molecule has 0 radical (unpaired) electrons. The van der Waals surface area contributed by atoms with Gasteiger partial charge in [0.2, 0.25) is 17.8 Å². The lowest BCUT2D eigenvalue weighted by Crippen LogP contribution is -2.29. The highest BCUT2D eigenvalue weighted by Crippen LogP contribution is 2.28. The van der Waals surface area contributed by atoms with Crippen LogP contribution >= 0.6 is 0 Å². The molecule has 1 aromatic carbocycles. The number of nitrogens with one attached hydrogen (secondary N) is 2. The number of hydrogen-bond acceptors (Lipinski definition) is 6. The number of amides is 2. The van der Waals surface area contributed by atoms with Gasteiger partial charge in [-0.3, -0.25) is 19.4 Å². The van der Waals surface area contributed by atoms with Gasteiger partial charge in [0.25, 0.3) is 5.56 Å². The molecule has 35 heavy (non-hydrogen) atoms. The summed E-state index contributed by atoms with van der Waals surface area (Å²) in [4.78, 5) is 46.6. The number of furan rings is 1. The minimum atomic E-state index is -0.644. The van der Waals surface area contributed by atoms with E-state index in [0.717, 1.165) is 0 Å². The molecule has 1 atom stereocenters. The summed E-state index contributed by atoms with van der Waals surface area (Å²) < 4.78 is 20.0. The second kappa shape index (κ2) is 8.67. The Morgan fingerprint density at radius 1 is 1.20 bits per heavy atom. The Hall–Kier alpha value is -4.54. The number of aromatic nitrogens is 4. The predicted molar refractivity (Wildman–Crippen MR) is 125 cm³/mol.